The van der Waals surface area contributed by atoms with Gasteiger partial charge in [0.2, 0.25) is 0 Å². The van der Waals surface area contributed by atoms with Crippen molar-refractivity contribution in [1.82, 2.24) is 5.32 Å². The first-order valence-corrected chi connectivity index (χ1v) is 9.48. The molecule has 0 heterocycles. The fourth-order valence-electron chi connectivity index (χ4n) is 2.84. The summed E-state index contributed by atoms with van der Waals surface area (Å²) in [5, 5.41) is 3.49. The Bertz CT molecular complexity index is 649. The van der Waals surface area contributed by atoms with Gasteiger partial charge in [-0.2, -0.15) is 0 Å². The van der Waals surface area contributed by atoms with Gasteiger partial charge in [-0.25, -0.2) is 4.39 Å². The van der Waals surface area contributed by atoms with Crippen LogP contribution in [0, 0.1) is 5.82 Å². The zero-order chi connectivity index (χ0) is 18.6. The number of methoxy groups -OCH3 is 1. The van der Waals surface area contributed by atoms with E-state index in [0.29, 0.717) is 12.4 Å². The first kappa shape index (κ1) is 23.3. The Morgan fingerprint density at radius 3 is 2.41 bits per heavy atom. The molecule has 0 radical (unpaired) electrons. The van der Waals surface area contributed by atoms with Gasteiger partial charge >= 0.3 is 0 Å². The van der Waals surface area contributed by atoms with Crippen LogP contribution < -0.4 is 14.8 Å². The molecule has 0 saturated heterocycles. The minimum Gasteiger partial charge on any atom is -0.493 e. The van der Waals surface area contributed by atoms with E-state index in [9.17, 15) is 4.39 Å². The van der Waals surface area contributed by atoms with Crippen molar-refractivity contribution in [2.24, 2.45) is 0 Å². The molecule has 27 heavy (non-hydrogen) atoms. The van der Waals surface area contributed by atoms with Crippen molar-refractivity contribution in [3.63, 3.8) is 0 Å². The maximum Gasteiger partial charge on any atom is 0.166 e. The Hall–Kier alpha value is -1.78. The summed E-state index contributed by atoms with van der Waals surface area (Å²) in [5.74, 6) is 1.22. The molecule has 0 unspecified atom stereocenters. The molecule has 1 N–H and O–H groups in total. The lowest BCUT2D eigenvalue weighted by Crippen LogP contribution is -2.15. The summed E-state index contributed by atoms with van der Waals surface area (Å²) in [4.78, 5) is 0. The van der Waals surface area contributed by atoms with E-state index in [-0.39, 0.29) is 18.2 Å². The second kappa shape index (κ2) is 13.4. The Morgan fingerprint density at radius 2 is 1.70 bits per heavy atom. The van der Waals surface area contributed by atoms with Gasteiger partial charge in [0.05, 0.1) is 7.11 Å². The lowest BCUT2D eigenvalue weighted by atomic mass is 10.1. The summed E-state index contributed by atoms with van der Waals surface area (Å²) >= 11 is 0. The number of para-hydroxylation sites is 1. The number of halogens is 2. The van der Waals surface area contributed by atoms with Crippen molar-refractivity contribution < 1.29 is 13.9 Å². The standard InChI is InChI=1S/C22H30FNO2.ClH/c1-3-4-5-6-7-15-24-16-19-9-8-10-21(25-2)22(19)26-17-18-11-13-20(23)14-12-18;/h8-14,24H,3-7,15-17H2,1-2H3;1H. The van der Waals surface area contributed by atoms with Crippen molar-refractivity contribution in [1.29, 1.82) is 0 Å². The Labute approximate surface area is 168 Å². The van der Waals surface area contributed by atoms with E-state index in [4.69, 9.17) is 9.47 Å². The number of hydrogen-bond acceptors (Lipinski definition) is 3. The molecule has 5 heteroatoms. The molecule has 0 aliphatic carbocycles. The van der Waals surface area contributed by atoms with Crippen LogP contribution in [0.4, 0.5) is 4.39 Å². The number of ether oxygens (including phenoxy) is 2. The molecule has 0 aliphatic heterocycles. The Kier molecular flexibility index (Phi) is 11.5. The molecule has 2 rings (SSSR count). The van der Waals surface area contributed by atoms with Gasteiger partial charge in [-0.3, -0.25) is 0 Å². The quantitative estimate of drug-likeness (QED) is 0.454. The van der Waals surface area contributed by atoms with Gasteiger partial charge in [0.15, 0.2) is 11.5 Å². The molecule has 2 aromatic carbocycles. The van der Waals surface area contributed by atoms with Gasteiger partial charge in [0.25, 0.3) is 0 Å². The Morgan fingerprint density at radius 1 is 0.963 bits per heavy atom. The highest BCUT2D eigenvalue weighted by molar-refractivity contribution is 5.85. The van der Waals surface area contributed by atoms with Gasteiger partial charge in [-0.05, 0) is 36.7 Å². The van der Waals surface area contributed by atoms with Crippen LogP contribution in [0.15, 0.2) is 42.5 Å². The van der Waals surface area contributed by atoms with E-state index in [2.05, 4.69) is 12.2 Å². The number of unbranched alkanes of at least 4 members (excludes halogenated alkanes) is 4. The molecule has 0 spiro atoms. The van der Waals surface area contributed by atoms with Crippen LogP contribution in [0.1, 0.15) is 50.2 Å². The van der Waals surface area contributed by atoms with Gasteiger partial charge in [0.1, 0.15) is 12.4 Å². The van der Waals surface area contributed by atoms with E-state index in [1.54, 1.807) is 19.2 Å². The molecule has 150 valence electrons. The maximum atomic E-state index is 13.0. The third-order valence-corrected chi connectivity index (χ3v) is 4.35. The minimum atomic E-state index is -0.241. The third-order valence-electron chi connectivity index (χ3n) is 4.35. The second-order valence-electron chi connectivity index (χ2n) is 6.45. The van der Waals surface area contributed by atoms with Crippen molar-refractivity contribution in [3.8, 4) is 11.5 Å². The molecular weight excluding hydrogens is 365 g/mol. The fourth-order valence-corrected chi connectivity index (χ4v) is 2.84. The molecule has 0 fully saturated rings. The van der Waals surface area contributed by atoms with Crippen LogP contribution in [0.5, 0.6) is 11.5 Å². The largest absolute Gasteiger partial charge is 0.493 e. The average Bonchev–Trinajstić information content (AvgIpc) is 2.67. The highest BCUT2D eigenvalue weighted by Gasteiger charge is 2.11. The van der Waals surface area contributed by atoms with Crippen LogP contribution in [0.2, 0.25) is 0 Å². The topological polar surface area (TPSA) is 30.5 Å². The van der Waals surface area contributed by atoms with E-state index >= 15 is 0 Å². The number of nitrogens with one attached hydrogen (secondary N) is 1. The first-order valence-electron chi connectivity index (χ1n) is 9.48. The average molecular weight is 396 g/mol. The lowest BCUT2D eigenvalue weighted by molar-refractivity contribution is 0.280. The fraction of sp³-hybridized carbons (Fsp3) is 0.455. The summed E-state index contributed by atoms with van der Waals surface area (Å²) in [6, 6.07) is 12.3. The molecule has 0 aromatic heterocycles. The molecule has 0 aliphatic rings. The normalized spacial score (nSPS) is 10.3. The zero-order valence-corrected chi connectivity index (χ0v) is 17.1. The lowest BCUT2D eigenvalue weighted by Gasteiger charge is -2.16. The van der Waals surface area contributed by atoms with Crippen LogP contribution in [-0.4, -0.2) is 13.7 Å². The van der Waals surface area contributed by atoms with Crippen molar-refractivity contribution >= 4 is 12.4 Å². The summed E-state index contributed by atoms with van der Waals surface area (Å²) in [5.41, 5.74) is 1.99. The molecular formula is C22H31ClFNO2. The van der Waals surface area contributed by atoms with Crippen LogP contribution in [0.25, 0.3) is 0 Å². The molecule has 0 saturated carbocycles. The van der Waals surface area contributed by atoms with Gasteiger partial charge in [-0.15, -0.1) is 12.4 Å². The molecule has 2 aromatic rings. The summed E-state index contributed by atoms with van der Waals surface area (Å²) in [6.45, 7) is 4.35. The second-order valence-corrected chi connectivity index (χ2v) is 6.45. The Balaban J connectivity index is 0.00000364. The van der Waals surface area contributed by atoms with Gasteiger partial charge in [0, 0.05) is 12.1 Å². The molecule has 0 atom stereocenters. The van der Waals surface area contributed by atoms with Crippen LogP contribution >= 0.6 is 12.4 Å². The van der Waals surface area contributed by atoms with E-state index in [1.165, 1.54) is 44.2 Å². The number of benzene rings is 2. The predicted molar refractivity (Wildman–Crippen MR) is 111 cm³/mol. The molecule has 0 amide bonds. The molecule has 0 bridgehead atoms. The monoisotopic (exact) mass is 395 g/mol. The van der Waals surface area contributed by atoms with Crippen molar-refractivity contribution in [2.75, 3.05) is 13.7 Å². The van der Waals surface area contributed by atoms with Crippen molar-refractivity contribution in [2.45, 2.75) is 52.2 Å². The maximum absolute atomic E-state index is 13.0. The van der Waals surface area contributed by atoms with Gasteiger partial charge < -0.3 is 14.8 Å². The van der Waals surface area contributed by atoms with Crippen LogP contribution in [0.3, 0.4) is 0 Å². The summed E-state index contributed by atoms with van der Waals surface area (Å²) in [7, 11) is 1.64. The van der Waals surface area contributed by atoms with Gasteiger partial charge in [-0.1, -0.05) is 56.9 Å². The number of rotatable bonds is 12. The summed E-state index contributed by atoms with van der Waals surface area (Å²) < 4.78 is 24.5. The van der Waals surface area contributed by atoms with E-state index in [1.807, 2.05) is 18.2 Å². The van der Waals surface area contributed by atoms with Crippen LogP contribution in [-0.2, 0) is 13.2 Å². The third kappa shape index (κ3) is 8.19. The first-order chi connectivity index (χ1) is 12.7. The van der Waals surface area contributed by atoms with Crippen molar-refractivity contribution in [3.05, 3.63) is 59.4 Å². The minimum absolute atomic E-state index is 0. The smallest absolute Gasteiger partial charge is 0.166 e. The van der Waals surface area contributed by atoms with E-state index in [0.717, 1.165) is 30.0 Å². The highest BCUT2D eigenvalue weighted by atomic mass is 35.5. The zero-order valence-electron chi connectivity index (χ0n) is 16.3. The molecule has 3 nitrogen and oxygen atoms in total. The van der Waals surface area contributed by atoms with E-state index < -0.39 is 0 Å². The predicted octanol–water partition coefficient (Wildman–Crippen LogP) is 5.90. The summed E-state index contributed by atoms with van der Waals surface area (Å²) in [6.07, 6.45) is 6.36. The number of hydrogen-bond donors (Lipinski definition) is 1. The SMILES string of the molecule is CCCCCCCNCc1cccc(OC)c1OCc1ccc(F)cc1.Cl. The highest BCUT2D eigenvalue weighted by Crippen LogP contribution is 2.31.